The number of terminal acetylenes is 1. The first kappa shape index (κ1) is 23.3. The molecule has 0 aromatic rings. The molecular weight excluding hydrogens is 400 g/mol. The number of aliphatic hydroxyl groups is 1. The Kier molecular flexibility index (Phi) is 6.12. The van der Waals surface area contributed by atoms with Gasteiger partial charge in [-0.3, -0.25) is 4.79 Å². The lowest BCUT2D eigenvalue weighted by Crippen LogP contribution is -2.57. The zero-order chi connectivity index (χ0) is 22.5. The Morgan fingerprint density at radius 3 is 2.42 bits per heavy atom. The van der Waals surface area contributed by atoms with Crippen LogP contribution in [0.4, 0.5) is 0 Å². The number of carbonyl (C=O) groups is 1. The molecule has 31 heavy (non-hydrogen) atoms. The van der Waals surface area contributed by atoms with E-state index in [0.29, 0.717) is 30.0 Å². The molecule has 0 spiro atoms. The zero-order valence-corrected chi connectivity index (χ0v) is 21.1. The Labute approximate surface area is 190 Å². The maximum atomic E-state index is 12.4. The van der Waals surface area contributed by atoms with Crippen LogP contribution in [-0.2, 0) is 9.22 Å². The molecule has 0 heterocycles. The van der Waals surface area contributed by atoms with Crippen LogP contribution in [0, 0.1) is 40.9 Å². The van der Waals surface area contributed by atoms with Gasteiger partial charge in [0.15, 0.2) is 14.1 Å². The summed E-state index contributed by atoms with van der Waals surface area (Å²) in [5, 5.41) is 11.3. The molecule has 0 amide bonds. The number of hydrogen-bond acceptors (Lipinski definition) is 3. The first-order valence-electron chi connectivity index (χ1n) is 12.8. The fraction of sp³-hybridized carbons (Fsp3) is 0.815. The second kappa shape index (κ2) is 8.15. The third-order valence-electron chi connectivity index (χ3n) is 10.6. The molecule has 3 fully saturated rings. The lowest BCUT2D eigenvalue weighted by Gasteiger charge is -2.59. The van der Waals surface area contributed by atoms with Gasteiger partial charge in [0.2, 0.25) is 0 Å². The van der Waals surface area contributed by atoms with E-state index in [0.717, 1.165) is 69.7 Å². The topological polar surface area (TPSA) is 46.5 Å². The van der Waals surface area contributed by atoms with Crippen LogP contribution in [0.25, 0.3) is 0 Å². The van der Waals surface area contributed by atoms with Crippen LogP contribution in [-0.4, -0.2) is 31.4 Å². The van der Waals surface area contributed by atoms with Crippen molar-refractivity contribution in [1.82, 2.24) is 0 Å². The van der Waals surface area contributed by atoms with Crippen molar-refractivity contribution in [2.45, 2.75) is 103 Å². The standard InChI is InChI=1S/C27H42O3Si/c1-6-27(29)17-14-23-22-11-10-20-18-21(28)12-16-26(20,24(22)13-15-25(23,27)5)19-30-31(7-2,8-3)9-4/h1,18,22-24,29H,7-17,19H2,2-5H3/t22-,23-,24-,25-,26+,27-/m0/s1. The molecular formula is C27H42O3Si. The van der Waals surface area contributed by atoms with Crippen molar-refractivity contribution >= 4 is 14.1 Å². The molecule has 0 saturated heterocycles. The van der Waals surface area contributed by atoms with E-state index in [9.17, 15) is 9.90 Å². The van der Waals surface area contributed by atoms with Crippen molar-refractivity contribution in [3.05, 3.63) is 11.6 Å². The average Bonchev–Trinajstić information content (AvgIpc) is 3.06. The molecule has 0 radical (unpaired) electrons. The van der Waals surface area contributed by atoms with Crippen molar-refractivity contribution < 1.29 is 14.3 Å². The molecule has 3 saturated carbocycles. The molecule has 6 atom stereocenters. The second-order valence-electron chi connectivity index (χ2n) is 11.2. The van der Waals surface area contributed by atoms with Gasteiger partial charge in [-0.2, -0.15) is 0 Å². The molecule has 4 heteroatoms. The molecule has 0 aliphatic heterocycles. The monoisotopic (exact) mass is 442 g/mol. The SMILES string of the molecule is C#C[C@]1(O)CC[C@H]2[C@@H]3CCC4=CC(=O)CC[C@]4(CO[Si](CC)(CC)CC)[C@H]3CC[C@@]21C. The van der Waals surface area contributed by atoms with E-state index in [1.807, 2.05) is 6.08 Å². The predicted octanol–water partition coefficient (Wildman–Crippen LogP) is 5.88. The highest BCUT2D eigenvalue weighted by molar-refractivity contribution is 6.73. The number of fused-ring (bicyclic) bond motifs is 5. The van der Waals surface area contributed by atoms with Crippen molar-refractivity contribution in [3.63, 3.8) is 0 Å². The second-order valence-corrected chi connectivity index (χ2v) is 16.0. The van der Waals surface area contributed by atoms with Crippen LogP contribution in [0.3, 0.4) is 0 Å². The van der Waals surface area contributed by atoms with Gasteiger partial charge >= 0.3 is 0 Å². The summed E-state index contributed by atoms with van der Waals surface area (Å²) < 4.78 is 6.96. The summed E-state index contributed by atoms with van der Waals surface area (Å²) in [4.78, 5) is 12.4. The van der Waals surface area contributed by atoms with E-state index in [1.54, 1.807) is 0 Å². The fourth-order valence-corrected chi connectivity index (χ4v) is 10.9. The van der Waals surface area contributed by atoms with E-state index in [1.165, 1.54) is 5.57 Å². The molecule has 4 aliphatic carbocycles. The summed E-state index contributed by atoms with van der Waals surface area (Å²) >= 11 is 0. The predicted molar refractivity (Wildman–Crippen MR) is 128 cm³/mol. The van der Waals surface area contributed by atoms with Crippen molar-refractivity contribution in [2.24, 2.45) is 28.6 Å². The van der Waals surface area contributed by atoms with Crippen molar-refractivity contribution in [1.29, 1.82) is 0 Å². The maximum absolute atomic E-state index is 12.4. The minimum atomic E-state index is -1.71. The first-order chi connectivity index (χ1) is 14.7. The van der Waals surface area contributed by atoms with Gasteiger partial charge in [0.05, 0.1) is 0 Å². The summed E-state index contributed by atoms with van der Waals surface area (Å²) in [6.07, 6.45) is 15.4. The summed E-state index contributed by atoms with van der Waals surface area (Å²) in [7, 11) is -1.71. The zero-order valence-electron chi connectivity index (χ0n) is 20.1. The van der Waals surface area contributed by atoms with Gasteiger partial charge in [0.1, 0.15) is 5.60 Å². The van der Waals surface area contributed by atoms with Crippen molar-refractivity contribution in [3.8, 4) is 12.3 Å². The third kappa shape index (κ3) is 3.33. The Morgan fingerprint density at radius 1 is 1.10 bits per heavy atom. The number of hydrogen-bond donors (Lipinski definition) is 1. The van der Waals surface area contributed by atoms with Crippen LogP contribution >= 0.6 is 0 Å². The van der Waals surface area contributed by atoms with Gasteiger partial charge in [0, 0.05) is 23.9 Å². The molecule has 0 bridgehead atoms. The molecule has 1 N–H and O–H groups in total. The molecule has 0 aromatic heterocycles. The fourth-order valence-electron chi connectivity index (χ4n) is 8.22. The van der Waals surface area contributed by atoms with Gasteiger partial charge in [-0.1, -0.05) is 39.2 Å². The van der Waals surface area contributed by atoms with E-state index in [4.69, 9.17) is 10.8 Å². The maximum Gasteiger partial charge on any atom is 0.192 e. The molecule has 0 unspecified atom stereocenters. The highest BCUT2D eigenvalue weighted by atomic mass is 28.4. The average molecular weight is 443 g/mol. The first-order valence-corrected chi connectivity index (χ1v) is 15.3. The molecule has 3 nitrogen and oxygen atoms in total. The Bertz CT molecular complexity index is 785. The Hall–Kier alpha value is -0.893. The quantitative estimate of drug-likeness (QED) is 0.412. The van der Waals surface area contributed by atoms with Gasteiger partial charge < -0.3 is 9.53 Å². The summed E-state index contributed by atoms with van der Waals surface area (Å²) in [5.74, 6) is 4.71. The van der Waals surface area contributed by atoms with Crippen LogP contribution in [0.5, 0.6) is 0 Å². The van der Waals surface area contributed by atoms with E-state index >= 15 is 0 Å². The normalized spacial score (nSPS) is 42.3. The number of ketones is 1. The number of rotatable bonds is 6. The lowest BCUT2D eigenvalue weighted by atomic mass is 9.46. The van der Waals surface area contributed by atoms with Gasteiger partial charge in [-0.15, -0.1) is 6.42 Å². The van der Waals surface area contributed by atoms with Gasteiger partial charge in [-0.05, 0) is 86.9 Å². The van der Waals surface area contributed by atoms with Crippen LogP contribution in [0.1, 0.15) is 79.1 Å². The largest absolute Gasteiger partial charge is 0.416 e. The van der Waals surface area contributed by atoms with Crippen LogP contribution < -0.4 is 0 Å². The molecule has 0 aromatic carbocycles. The van der Waals surface area contributed by atoms with Gasteiger partial charge in [0.25, 0.3) is 0 Å². The Balaban J connectivity index is 1.68. The van der Waals surface area contributed by atoms with Crippen LogP contribution in [0.2, 0.25) is 18.1 Å². The van der Waals surface area contributed by atoms with E-state index in [2.05, 4.69) is 33.6 Å². The van der Waals surface area contributed by atoms with E-state index < -0.39 is 13.9 Å². The van der Waals surface area contributed by atoms with Crippen LogP contribution in [0.15, 0.2) is 11.6 Å². The summed E-state index contributed by atoms with van der Waals surface area (Å²) in [5.41, 5.74) is 0.266. The summed E-state index contributed by atoms with van der Waals surface area (Å²) in [6.45, 7) is 9.95. The molecule has 4 rings (SSSR count). The van der Waals surface area contributed by atoms with Crippen molar-refractivity contribution in [2.75, 3.05) is 6.61 Å². The summed E-state index contributed by atoms with van der Waals surface area (Å²) in [6, 6.07) is 3.49. The molecule has 4 aliphatic rings. The van der Waals surface area contributed by atoms with E-state index in [-0.39, 0.29) is 10.8 Å². The Morgan fingerprint density at radius 2 is 1.77 bits per heavy atom. The molecule has 172 valence electrons. The number of carbonyl (C=O) groups excluding carboxylic acids is 1. The van der Waals surface area contributed by atoms with Gasteiger partial charge in [-0.25, -0.2) is 0 Å². The third-order valence-corrected chi connectivity index (χ3v) is 15.3. The smallest absolute Gasteiger partial charge is 0.192 e. The highest BCUT2D eigenvalue weighted by Crippen LogP contribution is 2.67. The minimum absolute atomic E-state index is 0.0206. The minimum Gasteiger partial charge on any atom is -0.416 e. The lowest BCUT2D eigenvalue weighted by molar-refractivity contribution is -0.123. The highest BCUT2D eigenvalue weighted by Gasteiger charge is 2.64.